The summed E-state index contributed by atoms with van der Waals surface area (Å²) >= 11 is 1.41. The van der Waals surface area contributed by atoms with Gasteiger partial charge in [0.1, 0.15) is 5.75 Å². The second-order valence-corrected chi connectivity index (χ2v) is 7.68. The van der Waals surface area contributed by atoms with Crippen molar-refractivity contribution in [3.63, 3.8) is 0 Å². The number of nitrogens with zero attached hydrogens (tertiary/aromatic N) is 3. The summed E-state index contributed by atoms with van der Waals surface area (Å²) in [5, 5.41) is 9.67. The fourth-order valence-electron chi connectivity index (χ4n) is 3.32. The SMILES string of the molecule is O=C(Nc1nc(-c2ccc3c(c2)CCO3)cs1)c1cnn(Cc2ccccc2)c1. The molecule has 0 unspecified atom stereocenters. The van der Waals surface area contributed by atoms with E-state index >= 15 is 0 Å². The van der Waals surface area contributed by atoms with Gasteiger partial charge in [0.15, 0.2) is 5.13 Å². The van der Waals surface area contributed by atoms with Crippen LogP contribution >= 0.6 is 11.3 Å². The van der Waals surface area contributed by atoms with Crippen LogP contribution in [0, 0.1) is 0 Å². The molecule has 0 spiro atoms. The lowest BCUT2D eigenvalue weighted by Gasteiger charge is -2.02. The van der Waals surface area contributed by atoms with Gasteiger partial charge in [0.05, 0.1) is 30.6 Å². The molecule has 0 fully saturated rings. The van der Waals surface area contributed by atoms with Crippen LogP contribution in [0.15, 0.2) is 66.3 Å². The first-order valence-electron chi connectivity index (χ1n) is 9.34. The summed E-state index contributed by atoms with van der Waals surface area (Å²) in [6.07, 6.45) is 4.24. The van der Waals surface area contributed by atoms with E-state index in [-0.39, 0.29) is 5.91 Å². The van der Waals surface area contributed by atoms with Gasteiger partial charge in [0.25, 0.3) is 5.91 Å². The van der Waals surface area contributed by atoms with E-state index in [0.717, 1.165) is 35.6 Å². The molecular weight excluding hydrogens is 384 g/mol. The number of nitrogens with one attached hydrogen (secondary N) is 1. The number of anilines is 1. The van der Waals surface area contributed by atoms with E-state index in [4.69, 9.17) is 4.74 Å². The number of benzene rings is 2. The third kappa shape index (κ3) is 3.77. The molecule has 29 heavy (non-hydrogen) atoms. The van der Waals surface area contributed by atoms with Gasteiger partial charge in [-0.2, -0.15) is 5.10 Å². The first kappa shape index (κ1) is 17.6. The maximum absolute atomic E-state index is 12.6. The lowest BCUT2D eigenvalue weighted by Crippen LogP contribution is -2.11. The van der Waals surface area contributed by atoms with Crippen LogP contribution in [0.3, 0.4) is 0 Å². The van der Waals surface area contributed by atoms with E-state index in [1.807, 2.05) is 47.8 Å². The van der Waals surface area contributed by atoms with Gasteiger partial charge in [-0.25, -0.2) is 4.98 Å². The van der Waals surface area contributed by atoms with E-state index in [1.165, 1.54) is 16.9 Å². The van der Waals surface area contributed by atoms with E-state index < -0.39 is 0 Å². The Hall–Kier alpha value is -3.45. The van der Waals surface area contributed by atoms with Gasteiger partial charge < -0.3 is 4.74 Å². The lowest BCUT2D eigenvalue weighted by molar-refractivity contribution is 0.102. The standard InChI is InChI=1S/C22H18N4O2S/c27-21(18-11-23-26(13-18)12-15-4-2-1-3-5-15)25-22-24-19(14-29-22)16-6-7-20-17(10-16)8-9-28-20/h1-7,10-11,13-14H,8-9,12H2,(H,24,25,27). The van der Waals surface area contributed by atoms with Crippen LogP contribution < -0.4 is 10.1 Å². The van der Waals surface area contributed by atoms with Crippen LogP contribution in [-0.2, 0) is 13.0 Å². The maximum Gasteiger partial charge on any atom is 0.260 e. The van der Waals surface area contributed by atoms with Gasteiger partial charge in [-0.1, -0.05) is 30.3 Å². The first-order chi connectivity index (χ1) is 14.2. The Balaban J connectivity index is 1.27. The van der Waals surface area contributed by atoms with E-state index in [9.17, 15) is 4.79 Å². The summed E-state index contributed by atoms with van der Waals surface area (Å²) in [7, 11) is 0. The van der Waals surface area contributed by atoms with Crippen molar-refractivity contribution in [1.29, 1.82) is 0 Å². The van der Waals surface area contributed by atoms with Crippen molar-refractivity contribution in [2.24, 2.45) is 0 Å². The largest absolute Gasteiger partial charge is 0.493 e. The molecule has 7 heteroatoms. The zero-order valence-electron chi connectivity index (χ0n) is 15.5. The molecule has 0 bridgehead atoms. The Bertz CT molecular complexity index is 1170. The number of aromatic nitrogens is 3. The molecule has 0 saturated heterocycles. The molecule has 0 saturated carbocycles. The zero-order chi connectivity index (χ0) is 19.6. The maximum atomic E-state index is 12.6. The number of ether oxygens (including phenoxy) is 1. The number of amides is 1. The summed E-state index contributed by atoms with van der Waals surface area (Å²) < 4.78 is 7.31. The molecule has 4 aromatic rings. The average Bonchev–Trinajstić information content (AvgIpc) is 3.49. The summed E-state index contributed by atoms with van der Waals surface area (Å²) in [4.78, 5) is 17.1. The Morgan fingerprint density at radius 2 is 2.10 bits per heavy atom. The van der Waals surface area contributed by atoms with Gasteiger partial charge in [-0.15, -0.1) is 11.3 Å². The van der Waals surface area contributed by atoms with Crippen molar-refractivity contribution in [1.82, 2.24) is 14.8 Å². The number of hydrogen-bond donors (Lipinski definition) is 1. The molecule has 1 aliphatic heterocycles. The predicted molar refractivity (Wildman–Crippen MR) is 112 cm³/mol. The molecule has 1 N–H and O–H groups in total. The Kier molecular flexibility index (Phi) is 4.57. The second-order valence-electron chi connectivity index (χ2n) is 6.83. The summed E-state index contributed by atoms with van der Waals surface area (Å²) in [5.41, 5.74) is 4.72. The predicted octanol–water partition coefficient (Wildman–Crippen LogP) is 4.24. The van der Waals surface area contributed by atoms with Crippen molar-refractivity contribution in [3.05, 3.63) is 83.0 Å². The normalized spacial score (nSPS) is 12.4. The third-order valence-electron chi connectivity index (χ3n) is 4.79. The number of hydrogen-bond acceptors (Lipinski definition) is 5. The minimum Gasteiger partial charge on any atom is -0.493 e. The van der Waals surface area contributed by atoms with Gasteiger partial charge in [0, 0.05) is 23.6 Å². The monoisotopic (exact) mass is 402 g/mol. The van der Waals surface area contributed by atoms with Gasteiger partial charge >= 0.3 is 0 Å². The van der Waals surface area contributed by atoms with Crippen molar-refractivity contribution >= 4 is 22.4 Å². The van der Waals surface area contributed by atoms with Gasteiger partial charge in [0.2, 0.25) is 0 Å². The van der Waals surface area contributed by atoms with Crippen molar-refractivity contribution < 1.29 is 9.53 Å². The number of carbonyl (C=O) groups is 1. The average molecular weight is 402 g/mol. The quantitative estimate of drug-likeness (QED) is 0.542. The summed E-state index contributed by atoms with van der Waals surface area (Å²) in [6.45, 7) is 1.35. The zero-order valence-corrected chi connectivity index (χ0v) is 16.4. The molecule has 0 aliphatic carbocycles. The number of thiazole rings is 1. The molecule has 1 amide bonds. The van der Waals surface area contributed by atoms with E-state index in [1.54, 1.807) is 17.1 Å². The fraction of sp³-hybridized carbons (Fsp3) is 0.136. The van der Waals surface area contributed by atoms with Crippen molar-refractivity contribution in [2.75, 3.05) is 11.9 Å². The molecule has 2 aromatic carbocycles. The highest BCUT2D eigenvalue weighted by Crippen LogP contribution is 2.32. The Morgan fingerprint density at radius 3 is 3.00 bits per heavy atom. The Morgan fingerprint density at radius 1 is 1.21 bits per heavy atom. The van der Waals surface area contributed by atoms with Crippen molar-refractivity contribution in [2.45, 2.75) is 13.0 Å². The van der Waals surface area contributed by atoms with Crippen LogP contribution in [0.25, 0.3) is 11.3 Å². The second kappa shape index (κ2) is 7.52. The minimum atomic E-state index is -0.215. The van der Waals surface area contributed by atoms with Gasteiger partial charge in [-0.05, 0) is 29.3 Å². The van der Waals surface area contributed by atoms with Crippen molar-refractivity contribution in [3.8, 4) is 17.0 Å². The smallest absolute Gasteiger partial charge is 0.260 e. The molecule has 5 rings (SSSR count). The molecule has 144 valence electrons. The van der Waals surface area contributed by atoms with Crippen LogP contribution in [0.4, 0.5) is 5.13 Å². The Labute approximate surface area is 171 Å². The highest BCUT2D eigenvalue weighted by molar-refractivity contribution is 7.14. The third-order valence-corrected chi connectivity index (χ3v) is 5.55. The first-order valence-corrected chi connectivity index (χ1v) is 10.2. The van der Waals surface area contributed by atoms with Crippen LogP contribution in [0.5, 0.6) is 5.75 Å². The molecule has 2 aromatic heterocycles. The van der Waals surface area contributed by atoms with E-state index in [0.29, 0.717) is 17.2 Å². The molecule has 1 aliphatic rings. The summed E-state index contributed by atoms with van der Waals surface area (Å²) in [5.74, 6) is 0.734. The molecule has 0 atom stereocenters. The van der Waals surface area contributed by atoms with E-state index in [2.05, 4.69) is 21.5 Å². The van der Waals surface area contributed by atoms with Crippen LogP contribution in [0.1, 0.15) is 21.5 Å². The fourth-order valence-corrected chi connectivity index (χ4v) is 4.03. The molecule has 6 nitrogen and oxygen atoms in total. The minimum absolute atomic E-state index is 0.215. The summed E-state index contributed by atoms with van der Waals surface area (Å²) in [6, 6.07) is 16.1. The highest BCUT2D eigenvalue weighted by atomic mass is 32.1. The number of fused-ring (bicyclic) bond motifs is 1. The number of rotatable bonds is 5. The topological polar surface area (TPSA) is 69.0 Å². The lowest BCUT2D eigenvalue weighted by atomic mass is 10.1. The van der Waals surface area contributed by atoms with Crippen LogP contribution in [-0.4, -0.2) is 27.3 Å². The highest BCUT2D eigenvalue weighted by Gasteiger charge is 2.15. The molecule has 0 radical (unpaired) electrons. The van der Waals surface area contributed by atoms with Crippen LogP contribution in [0.2, 0.25) is 0 Å². The van der Waals surface area contributed by atoms with Gasteiger partial charge in [-0.3, -0.25) is 14.8 Å². The molecular formula is C22H18N4O2S. The molecule has 3 heterocycles. The number of carbonyl (C=O) groups excluding carboxylic acids is 1.